The van der Waals surface area contributed by atoms with E-state index in [9.17, 15) is 14.0 Å². The zero-order chi connectivity index (χ0) is 13.0. The molecule has 0 heterocycles. The molecule has 1 aromatic carbocycles. The van der Waals surface area contributed by atoms with E-state index < -0.39 is 17.8 Å². The molecule has 0 bridgehead atoms. The molecular weight excluding hydrogens is 225 g/mol. The van der Waals surface area contributed by atoms with E-state index in [0.717, 1.165) is 0 Å². The Morgan fingerprint density at radius 3 is 2.65 bits per heavy atom. The van der Waals surface area contributed by atoms with Gasteiger partial charge in [0.2, 0.25) is 0 Å². The van der Waals surface area contributed by atoms with Crippen LogP contribution in [0.4, 0.5) is 4.39 Å². The summed E-state index contributed by atoms with van der Waals surface area (Å²) in [4.78, 5) is 22.2. The van der Waals surface area contributed by atoms with Crippen LogP contribution in [0.2, 0.25) is 0 Å². The lowest BCUT2D eigenvalue weighted by atomic mass is 10.1. The molecule has 0 fully saturated rings. The lowest BCUT2D eigenvalue weighted by molar-refractivity contribution is -0.140. The molecule has 0 spiro atoms. The molecule has 4 nitrogen and oxygen atoms in total. The van der Waals surface area contributed by atoms with Gasteiger partial charge < -0.3 is 10.4 Å². The van der Waals surface area contributed by atoms with E-state index in [-0.39, 0.29) is 12.4 Å². The van der Waals surface area contributed by atoms with E-state index in [1.54, 1.807) is 6.92 Å². The number of aryl methyl sites for hydroxylation is 1. The van der Waals surface area contributed by atoms with Crippen LogP contribution in [0.25, 0.3) is 0 Å². The molecule has 17 heavy (non-hydrogen) atoms. The first kappa shape index (κ1) is 13.2. The van der Waals surface area contributed by atoms with Crippen molar-refractivity contribution in [2.24, 2.45) is 5.92 Å². The number of aliphatic carboxylic acids is 1. The van der Waals surface area contributed by atoms with Crippen molar-refractivity contribution in [2.75, 3.05) is 6.54 Å². The first-order valence-electron chi connectivity index (χ1n) is 5.19. The Hall–Kier alpha value is -1.91. The van der Waals surface area contributed by atoms with Crippen molar-refractivity contribution >= 4 is 11.9 Å². The lowest BCUT2D eigenvalue weighted by Gasteiger charge is -2.08. The van der Waals surface area contributed by atoms with Crippen LogP contribution in [-0.2, 0) is 4.79 Å². The zero-order valence-corrected chi connectivity index (χ0v) is 9.66. The second-order valence-corrected chi connectivity index (χ2v) is 3.91. The van der Waals surface area contributed by atoms with Gasteiger partial charge in [0.1, 0.15) is 5.82 Å². The minimum Gasteiger partial charge on any atom is -0.481 e. The summed E-state index contributed by atoms with van der Waals surface area (Å²) in [6.07, 6.45) is 0. The van der Waals surface area contributed by atoms with Crippen molar-refractivity contribution in [3.05, 3.63) is 35.1 Å². The highest BCUT2D eigenvalue weighted by Crippen LogP contribution is 2.09. The molecule has 92 valence electrons. The Labute approximate surface area is 98.5 Å². The average molecular weight is 239 g/mol. The number of benzene rings is 1. The summed E-state index contributed by atoms with van der Waals surface area (Å²) in [5, 5.41) is 11.1. The highest BCUT2D eigenvalue weighted by Gasteiger charge is 2.13. The molecule has 1 amide bonds. The first-order valence-corrected chi connectivity index (χ1v) is 5.19. The van der Waals surface area contributed by atoms with Crippen LogP contribution in [0.1, 0.15) is 22.8 Å². The molecule has 1 rings (SSSR count). The highest BCUT2D eigenvalue weighted by molar-refractivity contribution is 5.94. The second kappa shape index (κ2) is 5.43. The largest absolute Gasteiger partial charge is 0.481 e. The number of hydrogen-bond donors (Lipinski definition) is 2. The van der Waals surface area contributed by atoms with Crippen molar-refractivity contribution in [1.82, 2.24) is 5.32 Å². The van der Waals surface area contributed by atoms with Crippen LogP contribution in [0.3, 0.4) is 0 Å². The third-order valence-electron chi connectivity index (χ3n) is 2.41. The Kier molecular flexibility index (Phi) is 4.20. The number of halogens is 1. The van der Waals surface area contributed by atoms with Crippen LogP contribution >= 0.6 is 0 Å². The summed E-state index contributed by atoms with van der Waals surface area (Å²) in [6, 6.07) is 4.00. The van der Waals surface area contributed by atoms with Gasteiger partial charge in [-0.3, -0.25) is 9.59 Å². The fourth-order valence-corrected chi connectivity index (χ4v) is 1.22. The number of carboxylic acids is 1. The maximum Gasteiger partial charge on any atom is 0.308 e. The molecule has 1 atom stereocenters. The van der Waals surface area contributed by atoms with Crippen LogP contribution in [-0.4, -0.2) is 23.5 Å². The molecule has 0 aromatic heterocycles. The molecule has 0 aliphatic carbocycles. The van der Waals surface area contributed by atoms with Crippen molar-refractivity contribution in [3.63, 3.8) is 0 Å². The Morgan fingerprint density at radius 2 is 2.12 bits per heavy atom. The number of carbonyl (C=O) groups excluding carboxylic acids is 1. The van der Waals surface area contributed by atoms with Crippen LogP contribution in [0.15, 0.2) is 18.2 Å². The van der Waals surface area contributed by atoms with Crippen LogP contribution < -0.4 is 5.32 Å². The smallest absolute Gasteiger partial charge is 0.308 e. The molecule has 0 radical (unpaired) electrons. The van der Waals surface area contributed by atoms with E-state index >= 15 is 0 Å². The number of nitrogens with one attached hydrogen (secondary N) is 1. The molecule has 1 unspecified atom stereocenters. The fraction of sp³-hybridized carbons (Fsp3) is 0.333. The number of carboxylic acid groups (broad SMARTS) is 1. The Balaban J connectivity index is 2.64. The lowest BCUT2D eigenvalue weighted by Crippen LogP contribution is -2.31. The van der Waals surface area contributed by atoms with Gasteiger partial charge in [0, 0.05) is 12.1 Å². The molecular formula is C12H14FNO3. The fourth-order valence-electron chi connectivity index (χ4n) is 1.22. The molecule has 0 aliphatic heterocycles. The van der Waals surface area contributed by atoms with E-state index in [0.29, 0.717) is 11.1 Å². The highest BCUT2D eigenvalue weighted by atomic mass is 19.1. The van der Waals surface area contributed by atoms with Crippen LogP contribution in [0, 0.1) is 18.7 Å². The number of carbonyl (C=O) groups is 2. The van der Waals surface area contributed by atoms with E-state index in [1.165, 1.54) is 25.1 Å². The molecule has 5 heteroatoms. The second-order valence-electron chi connectivity index (χ2n) is 3.91. The van der Waals surface area contributed by atoms with Gasteiger partial charge in [-0.05, 0) is 30.7 Å². The van der Waals surface area contributed by atoms with Gasteiger partial charge in [0.15, 0.2) is 0 Å². The van der Waals surface area contributed by atoms with Crippen molar-refractivity contribution in [3.8, 4) is 0 Å². The topological polar surface area (TPSA) is 66.4 Å². The number of amides is 1. The van der Waals surface area contributed by atoms with Gasteiger partial charge >= 0.3 is 5.97 Å². The van der Waals surface area contributed by atoms with Crippen molar-refractivity contribution in [1.29, 1.82) is 0 Å². The maximum atomic E-state index is 13.0. The molecule has 0 saturated heterocycles. The summed E-state index contributed by atoms with van der Waals surface area (Å²) in [5.41, 5.74) is 0.699. The number of hydrogen-bond acceptors (Lipinski definition) is 2. The maximum absolute atomic E-state index is 13.0. The minimum absolute atomic E-state index is 0.0462. The third-order valence-corrected chi connectivity index (χ3v) is 2.41. The standard InChI is InChI=1S/C12H14FNO3/c1-7-5-9(3-4-10(7)13)11(15)14-6-8(2)12(16)17/h3-5,8H,6H2,1-2H3,(H,14,15)(H,16,17). The average Bonchev–Trinajstić information content (AvgIpc) is 2.28. The van der Waals surface area contributed by atoms with Gasteiger partial charge in [0.25, 0.3) is 5.91 Å². The molecule has 2 N–H and O–H groups in total. The first-order chi connectivity index (χ1) is 7.91. The van der Waals surface area contributed by atoms with Crippen molar-refractivity contribution < 1.29 is 19.1 Å². The predicted molar refractivity (Wildman–Crippen MR) is 60.3 cm³/mol. The van der Waals surface area contributed by atoms with Crippen molar-refractivity contribution in [2.45, 2.75) is 13.8 Å². The SMILES string of the molecule is Cc1cc(C(=O)NCC(C)C(=O)O)ccc1F. The third kappa shape index (κ3) is 3.55. The molecule has 0 saturated carbocycles. The quantitative estimate of drug-likeness (QED) is 0.838. The number of rotatable bonds is 4. The van der Waals surface area contributed by atoms with E-state index in [4.69, 9.17) is 5.11 Å². The van der Waals surface area contributed by atoms with Gasteiger partial charge in [0.05, 0.1) is 5.92 Å². The summed E-state index contributed by atoms with van der Waals surface area (Å²) in [6.45, 7) is 3.11. The summed E-state index contributed by atoms with van der Waals surface area (Å²) in [7, 11) is 0. The zero-order valence-electron chi connectivity index (χ0n) is 9.66. The molecule has 1 aromatic rings. The van der Waals surface area contributed by atoms with E-state index in [1.807, 2.05) is 0 Å². The van der Waals surface area contributed by atoms with Crippen LogP contribution in [0.5, 0.6) is 0 Å². The predicted octanol–water partition coefficient (Wildman–Crippen LogP) is 1.58. The Bertz CT molecular complexity index is 445. The van der Waals surface area contributed by atoms with E-state index in [2.05, 4.69) is 5.32 Å². The Morgan fingerprint density at radius 1 is 1.47 bits per heavy atom. The normalized spacial score (nSPS) is 11.9. The van der Waals surface area contributed by atoms with Gasteiger partial charge in [-0.15, -0.1) is 0 Å². The monoisotopic (exact) mass is 239 g/mol. The minimum atomic E-state index is -0.972. The van der Waals surface area contributed by atoms with Gasteiger partial charge in [-0.1, -0.05) is 6.92 Å². The molecule has 0 aliphatic rings. The van der Waals surface area contributed by atoms with Gasteiger partial charge in [-0.25, -0.2) is 4.39 Å². The summed E-state index contributed by atoms with van der Waals surface area (Å²) < 4.78 is 13.0. The van der Waals surface area contributed by atoms with Gasteiger partial charge in [-0.2, -0.15) is 0 Å². The summed E-state index contributed by atoms with van der Waals surface area (Å²) in [5.74, 6) is -2.40. The summed E-state index contributed by atoms with van der Waals surface area (Å²) >= 11 is 0.